The first-order valence-electron chi connectivity index (χ1n) is 18.7. The van der Waals surface area contributed by atoms with Crippen molar-refractivity contribution in [1.29, 1.82) is 0 Å². The fourth-order valence-corrected chi connectivity index (χ4v) is 8.32. The molecule has 2 aromatic heterocycles. The van der Waals surface area contributed by atoms with Crippen LogP contribution in [0.1, 0.15) is 22.3 Å². The van der Waals surface area contributed by atoms with Gasteiger partial charge in [-0.2, -0.15) is 0 Å². The van der Waals surface area contributed by atoms with Gasteiger partial charge in [-0.1, -0.05) is 170 Å². The van der Waals surface area contributed by atoms with E-state index < -0.39 is 5.41 Å². The molecule has 1 aliphatic rings. The number of hydrogen-bond donors (Lipinski definition) is 0. The Morgan fingerprint density at radius 2 is 0.855 bits per heavy atom. The summed E-state index contributed by atoms with van der Waals surface area (Å²) >= 11 is 0. The van der Waals surface area contributed by atoms with Crippen LogP contribution in [0.15, 0.2) is 213 Å². The van der Waals surface area contributed by atoms with Crippen LogP contribution in [-0.2, 0) is 5.41 Å². The van der Waals surface area contributed by atoms with E-state index >= 15 is 0 Å². The van der Waals surface area contributed by atoms with Crippen LogP contribution in [0.3, 0.4) is 0 Å². The molecular weight excluding hydrogens is 667 g/mol. The number of rotatable bonds is 7. The van der Waals surface area contributed by atoms with Crippen molar-refractivity contribution in [2.45, 2.75) is 5.41 Å². The summed E-state index contributed by atoms with van der Waals surface area (Å²) in [5.74, 6) is 0.675. The first-order valence-corrected chi connectivity index (χ1v) is 18.7. The second-order valence-electron chi connectivity index (χ2n) is 14.0. The lowest BCUT2D eigenvalue weighted by Crippen LogP contribution is -2.28. The van der Waals surface area contributed by atoms with Gasteiger partial charge in [0.25, 0.3) is 0 Å². The Morgan fingerprint density at radius 1 is 0.327 bits per heavy atom. The normalized spacial score (nSPS) is 12.5. The van der Waals surface area contributed by atoms with Crippen LogP contribution in [0, 0.1) is 0 Å². The Bertz CT molecular complexity index is 2740. The molecule has 0 spiro atoms. The summed E-state index contributed by atoms with van der Waals surface area (Å²) < 4.78 is 0. The van der Waals surface area contributed by atoms with Crippen molar-refractivity contribution in [2.75, 3.05) is 0 Å². The number of fused-ring (bicyclic) bond motifs is 3. The van der Waals surface area contributed by atoms with Crippen LogP contribution in [0.25, 0.3) is 67.3 Å². The van der Waals surface area contributed by atoms with Crippen molar-refractivity contribution in [2.24, 2.45) is 0 Å². The van der Waals surface area contributed by atoms with Crippen LogP contribution in [0.4, 0.5) is 0 Å². The standard InChI is InChI=1S/C52H35N3/c1-4-14-36(15-5-1)37-25-27-38(28-26-37)51-54-49(34-50(55-51)42-18-13-31-53-35-42)41-17-12-16-39(32-41)40-29-30-48-46(33-40)45-23-10-11-24-47(45)52(48,43-19-6-2-7-20-43)44-21-8-3-9-22-44/h1-35H. The molecule has 2 heterocycles. The Morgan fingerprint density at radius 3 is 1.56 bits per heavy atom. The molecular formula is C52H35N3. The van der Waals surface area contributed by atoms with Gasteiger partial charge in [-0.05, 0) is 86.0 Å². The van der Waals surface area contributed by atoms with E-state index in [9.17, 15) is 0 Å². The molecule has 0 bridgehead atoms. The predicted octanol–water partition coefficient (Wildman–Crippen LogP) is 12.6. The molecule has 258 valence electrons. The van der Waals surface area contributed by atoms with E-state index in [1.54, 1.807) is 6.20 Å². The number of nitrogens with zero attached hydrogens (tertiary/aromatic N) is 3. The molecule has 10 rings (SSSR count). The van der Waals surface area contributed by atoms with Crippen molar-refractivity contribution >= 4 is 0 Å². The lowest BCUT2D eigenvalue weighted by Gasteiger charge is -2.33. The second-order valence-corrected chi connectivity index (χ2v) is 14.0. The lowest BCUT2D eigenvalue weighted by molar-refractivity contribution is 0.768. The highest BCUT2D eigenvalue weighted by Crippen LogP contribution is 2.56. The SMILES string of the molecule is c1ccc(-c2ccc(-c3nc(-c4cccnc4)cc(-c4cccc(-c5ccc6c(c5)-c5ccccc5C6(c5ccccc5)c5ccccc5)c4)n3)cc2)cc1. The Kier molecular flexibility index (Phi) is 8.04. The van der Waals surface area contributed by atoms with Crippen LogP contribution in [-0.4, -0.2) is 15.0 Å². The molecule has 0 amide bonds. The van der Waals surface area contributed by atoms with E-state index in [0.717, 1.165) is 44.8 Å². The van der Waals surface area contributed by atoms with Crippen molar-refractivity contribution in [3.05, 3.63) is 235 Å². The monoisotopic (exact) mass is 701 g/mol. The minimum Gasteiger partial charge on any atom is -0.264 e. The van der Waals surface area contributed by atoms with Crippen LogP contribution in [0.2, 0.25) is 0 Å². The molecule has 0 unspecified atom stereocenters. The van der Waals surface area contributed by atoms with Crippen molar-refractivity contribution in [3.63, 3.8) is 0 Å². The third-order valence-corrected chi connectivity index (χ3v) is 10.9. The molecule has 0 N–H and O–H groups in total. The lowest BCUT2D eigenvalue weighted by atomic mass is 9.67. The Hall–Kier alpha value is -7.23. The molecule has 0 radical (unpaired) electrons. The number of hydrogen-bond acceptors (Lipinski definition) is 3. The van der Waals surface area contributed by atoms with E-state index in [1.165, 1.54) is 38.9 Å². The molecule has 3 heteroatoms. The highest BCUT2D eigenvalue weighted by atomic mass is 14.9. The summed E-state index contributed by atoms with van der Waals surface area (Å²) in [6.07, 6.45) is 3.65. The number of aromatic nitrogens is 3. The molecule has 3 nitrogen and oxygen atoms in total. The first kappa shape index (κ1) is 32.4. The fourth-order valence-electron chi connectivity index (χ4n) is 8.32. The smallest absolute Gasteiger partial charge is 0.160 e. The summed E-state index contributed by atoms with van der Waals surface area (Å²) in [4.78, 5) is 14.6. The topological polar surface area (TPSA) is 38.7 Å². The summed E-state index contributed by atoms with van der Waals surface area (Å²) in [7, 11) is 0. The van der Waals surface area contributed by atoms with E-state index in [-0.39, 0.29) is 0 Å². The van der Waals surface area contributed by atoms with Gasteiger partial charge in [0.1, 0.15) is 0 Å². The van der Waals surface area contributed by atoms with Crippen molar-refractivity contribution in [3.8, 4) is 67.3 Å². The third-order valence-electron chi connectivity index (χ3n) is 10.9. The third kappa shape index (κ3) is 5.65. The zero-order valence-corrected chi connectivity index (χ0v) is 30.0. The van der Waals surface area contributed by atoms with E-state index in [0.29, 0.717) is 5.82 Å². The summed E-state index contributed by atoms with van der Waals surface area (Å²) in [6, 6.07) is 71.5. The number of pyridine rings is 1. The highest BCUT2D eigenvalue weighted by Gasteiger charge is 2.45. The average Bonchev–Trinajstić information content (AvgIpc) is 3.58. The zero-order valence-electron chi connectivity index (χ0n) is 30.0. The maximum Gasteiger partial charge on any atom is 0.160 e. The first-order chi connectivity index (χ1) is 27.3. The zero-order chi connectivity index (χ0) is 36.6. The molecule has 7 aromatic carbocycles. The summed E-state index contributed by atoms with van der Waals surface area (Å²) in [6.45, 7) is 0. The quantitative estimate of drug-likeness (QED) is 0.166. The average molecular weight is 702 g/mol. The van der Waals surface area contributed by atoms with E-state index in [4.69, 9.17) is 9.97 Å². The molecule has 1 aliphatic carbocycles. The minimum absolute atomic E-state index is 0.422. The fraction of sp³-hybridized carbons (Fsp3) is 0.0192. The van der Waals surface area contributed by atoms with Crippen LogP contribution in [0.5, 0.6) is 0 Å². The van der Waals surface area contributed by atoms with Crippen LogP contribution >= 0.6 is 0 Å². The summed E-state index contributed by atoms with van der Waals surface area (Å²) in [5.41, 5.74) is 16.5. The maximum absolute atomic E-state index is 5.18. The molecule has 9 aromatic rings. The van der Waals surface area contributed by atoms with Gasteiger partial charge in [-0.15, -0.1) is 0 Å². The van der Waals surface area contributed by atoms with Gasteiger partial charge in [0.05, 0.1) is 16.8 Å². The molecule has 55 heavy (non-hydrogen) atoms. The van der Waals surface area contributed by atoms with Gasteiger partial charge < -0.3 is 0 Å². The van der Waals surface area contributed by atoms with Crippen molar-refractivity contribution in [1.82, 2.24) is 15.0 Å². The van der Waals surface area contributed by atoms with E-state index in [2.05, 4.69) is 187 Å². The largest absolute Gasteiger partial charge is 0.264 e. The summed E-state index contributed by atoms with van der Waals surface area (Å²) in [5, 5.41) is 0. The van der Waals surface area contributed by atoms with Gasteiger partial charge in [0.15, 0.2) is 5.82 Å². The molecule has 0 saturated heterocycles. The molecule has 0 atom stereocenters. The van der Waals surface area contributed by atoms with Gasteiger partial charge in [-0.3, -0.25) is 4.98 Å². The van der Waals surface area contributed by atoms with Crippen molar-refractivity contribution < 1.29 is 0 Å². The predicted molar refractivity (Wildman–Crippen MR) is 224 cm³/mol. The van der Waals surface area contributed by atoms with Gasteiger partial charge in [0.2, 0.25) is 0 Å². The maximum atomic E-state index is 5.18. The number of benzene rings is 7. The van der Waals surface area contributed by atoms with Crippen LogP contribution < -0.4 is 0 Å². The molecule has 0 fully saturated rings. The Balaban J connectivity index is 1.09. The Labute approximate surface area is 321 Å². The molecule has 0 saturated carbocycles. The second kappa shape index (κ2) is 13.6. The minimum atomic E-state index is -0.422. The molecule has 0 aliphatic heterocycles. The van der Waals surface area contributed by atoms with Gasteiger partial charge in [-0.25, -0.2) is 9.97 Å². The van der Waals surface area contributed by atoms with Gasteiger partial charge in [0, 0.05) is 29.1 Å². The van der Waals surface area contributed by atoms with Gasteiger partial charge >= 0.3 is 0 Å². The highest BCUT2D eigenvalue weighted by molar-refractivity contribution is 5.89. The van der Waals surface area contributed by atoms with E-state index in [1.807, 2.05) is 24.4 Å².